The molecule has 4 heteroatoms. The van der Waals surface area contributed by atoms with Crippen LogP contribution in [0.15, 0.2) is 4.63 Å². The molecule has 1 aliphatic carbocycles. The van der Waals surface area contributed by atoms with Crippen LogP contribution in [0.4, 0.5) is 0 Å². The predicted octanol–water partition coefficient (Wildman–Crippen LogP) is 1.31. The van der Waals surface area contributed by atoms with Crippen molar-refractivity contribution in [2.24, 2.45) is 0 Å². The number of hydrogen-bond donors (Lipinski definition) is 0. The van der Waals surface area contributed by atoms with E-state index in [-0.39, 0.29) is 0 Å². The SMILES string of the molecule is CC1CCC(C)c2c1no[n+]2[O-]. The number of aromatic nitrogens is 2. The van der Waals surface area contributed by atoms with Crippen molar-refractivity contribution in [3.05, 3.63) is 16.6 Å². The maximum absolute atomic E-state index is 11.1. The second kappa shape index (κ2) is 2.47. The molecule has 0 amide bonds. The molecular formula is C8H12N2O2. The summed E-state index contributed by atoms with van der Waals surface area (Å²) in [6.45, 7) is 4.11. The third-order valence-electron chi connectivity index (χ3n) is 2.64. The van der Waals surface area contributed by atoms with E-state index in [2.05, 4.69) is 16.7 Å². The average Bonchev–Trinajstić information content (AvgIpc) is 2.42. The molecule has 0 saturated carbocycles. The lowest BCUT2D eigenvalue weighted by Gasteiger charge is -2.17. The first-order chi connectivity index (χ1) is 5.70. The number of fused-ring (bicyclic) bond motifs is 1. The summed E-state index contributed by atoms with van der Waals surface area (Å²) in [4.78, 5) is 0.551. The van der Waals surface area contributed by atoms with Crippen molar-refractivity contribution in [1.29, 1.82) is 0 Å². The highest BCUT2D eigenvalue weighted by atomic mass is 16.8. The summed E-state index contributed by atoms with van der Waals surface area (Å²) >= 11 is 0. The van der Waals surface area contributed by atoms with E-state index in [0.717, 1.165) is 24.2 Å². The summed E-state index contributed by atoms with van der Waals surface area (Å²) in [7, 11) is 0. The minimum atomic E-state index is 0.292. The third kappa shape index (κ3) is 0.906. The van der Waals surface area contributed by atoms with Crippen LogP contribution in [0.1, 0.15) is 49.9 Å². The molecule has 2 atom stereocenters. The van der Waals surface area contributed by atoms with Crippen molar-refractivity contribution >= 4 is 0 Å². The van der Waals surface area contributed by atoms with Crippen molar-refractivity contribution < 1.29 is 9.53 Å². The Bertz CT molecular complexity index is 295. The molecule has 0 fully saturated rings. The zero-order valence-electron chi connectivity index (χ0n) is 7.28. The quantitative estimate of drug-likeness (QED) is 0.549. The molecule has 0 bridgehead atoms. The van der Waals surface area contributed by atoms with Gasteiger partial charge in [-0.25, -0.2) is 0 Å². The van der Waals surface area contributed by atoms with Crippen molar-refractivity contribution in [2.75, 3.05) is 0 Å². The second-order valence-corrected chi connectivity index (χ2v) is 3.58. The minimum absolute atomic E-state index is 0.292. The van der Waals surface area contributed by atoms with Crippen molar-refractivity contribution in [1.82, 2.24) is 5.16 Å². The first kappa shape index (κ1) is 7.58. The molecule has 66 valence electrons. The standard InChI is InChI=1S/C8H12N2O2/c1-5-3-4-6(2)8-7(5)9-12-10(8)11/h5-6H,3-4H2,1-2H3. The Kier molecular flexibility index (Phi) is 1.56. The van der Waals surface area contributed by atoms with Crippen LogP contribution in [0.5, 0.6) is 0 Å². The summed E-state index contributed by atoms with van der Waals surface area (Å²) in [5.74, 6) is 0.662. The third-order valence-corrected chi connectivity index (χ3v) is 2.64. The van der Waals surface area contributed by atoms with E-state index in [0.29, 0.717) is 16.7 Å². The van der Waals surface area contributed by atoms with Gasteiger partial charge in [-0.05, 0) is 17.7 Å². The van der Waals surface area contributed by atoms with E-state index in [1.807, 2.05) is 6.92 Å². The molecule has 1 aromatic rings. The number of nitrogens with zero attached hydrogens (tertiary/aromatic N) is 2. The first-order valence-electron chi connectivity index (χ1n) is 4.29. The molecular weight excluding hydrogens is 156 g/mol. The van der Waals surface area contributed by atoms with Crippen LogP contribution in [-0.2, 0) is 0 Å². The summed E-state index contributed by atoms with van der Waals surface area (Å²) in [5.41, 5.74) is 1.58. The molecule has 4 nitrogen and oxygen atoms in total. The molecule has 2 rings (SSSR count). The first-order valence-corrected chi connectivity index (χ1v) is 4.29. The molecule has 0 radical (unpaired) electrons. The fourth-order valence-electron chi connectivity index (χ4n) is 1.81. The number of rotatable bonds is 0. The summed E-state index contributed by atoms with van der Waals surface area (Å²) in [6.07, 6.45) is 2.15. The van der Waals surface area contributed by atoms with Crippen LogP contribution in [0.2, 0.25) is 0 Å². The van der Waals surface area contributed by atoms with E-state index in [9.17, 15) is 5.21 Å². The molecule has 1 aliphatic rings. The number of hydrogen-bond acceptors (Lipinski definition) is 3. The summed E-state index contributed by atoms with van der Waals surface area (Å²) < 4.78 is 4.57. The molecule has 1 heterocycles. The topological polar surface area (TPSA) is 53.0 Å². The highest BCUT2D eigenvalue weighted by Gasteiger charge is 2.33. The van der Waals surface area contributed by atoms with Gasteiger partial charge in [-0.1, -0.05) is 13.8 Å². The lowest BCUT2D eigenvalue weighted by Crippen LogP contribution is -2.31. The Morgan fingerprint density at radius 2 is 2.08 bits per heavy atom. The van der Waals surface area contributed by atoms with E-state index >= 15 is 0 Å². The average molecular weight is 168 g/mol. The Morgan fingerprint density at radius 3 is 2.75 bits per heavy atom. The largest absolute Gasteiger partial charge is 0.359 e. The lowest BCUT2D eigenvalue weighted by atomic mass is 9.85. The van der Waals surface area contributed by atoms with Gasteiger partial charge in [-0.2, -0.15) is 0 Å². The molecule has 0 aromatic carbocycles. The summed E-state index contributed by atoms with van der Waals surface area (Å²) in [6, 6.07) is 0. The predicted molar refractivity (Wildman–Crippen MR) is 41.5 cm³/mol. The maximum Gasteiger partial charge on any atom is 0.224 e. The van der Waals surface area contributed by atoms with Crippen molar-refractivity contribution in [3.8, 4) is 0 Å². The van der Waals surface area contributed by atoms with Gasteiger partial charge in [0.15, 0.2) is 0 Å². The highest BCUT2D eigenvalue weighted by molar-refractivity contribution is 5.16. The fourth-order valence-corrected chi connectivity index (χ4v) is 1.81. The highest BCUT2D eigenvalue weighted by Crippen LogP contribution is 2.34. The Balaban J connectivity index is 2.50. The van der Waals surface area contributed by atoms with Gasteiger partial charge in [0.2, 0.25) is 11.4 Å². The molecule has 0 spiro atoms. The fraction of sp³-hybridized carbons (Fsp3) is 0.750. The summed E-state index contributed by atoms with van der Waals surface area (Å²) in [5, 5.41) is 14.9. The molecule has 12 heavy (non-hydrogen) atoms. The maximum atomic E-state index is 11.1. The van der Waals surface area contributed by atoms with Gasteiger partial charge in [0.1, 0.15) is 0 Å². The Hall–Kier alpha value is -1.06. The van der Waals surface area contributed by atoms with Gasteiger partial charge in [-0.3, -0.25) is 4.63 Å². The van der Waals surface area contributed by atoms with Gasteiger partial charge in [-0.15, -0.1) is 0 Å². The second-order valence-electron chi connectivity index (χ2n) is 3.58. The van der Waals surface area contributed by atoms with Crippen LogP contribution in [0, 0.1) is 5.21 Å². The molecule has 2 unspecified atom stereocenters. The van der Waals surface area contributed by atoms with Gasteiger partial charge in [0, 0.05) is 17.0 Å². The van der Waals surface area contributed by atoms with Gasteiger partial charge in [0.25, 0.3) is 0 Å². The van der Waals surface area contributed by atoms with Crippen molar-refractivity contribution in [3.63, 3.8) is 0 Å². The normalized spacial score (nSPS) is 28.5. The van der Waals surface area contributed by atoms with Crippen LogP contribution >= 0.6 is 0 Å². The van der Waals surface area contributed by atoms with Gasteiger partial charge < -0.3 is 5.21 Å². The van der Waals surface area contributed by atoms with Crippen LogP contribution < -0.4 is 4.90 Å². The molecule has 0 aliphatic heterocycles. The minimum Gasteiger partial charge on any atom is -0.359 e. The van der Waals surface area contributed by atoms with E-state index in [1.165, 1.54) is 0 Å². The Morgan fingerprint density at radius 1 is 1.42 bits per heavy atom. The van der Waals surface area contributed by atoms with Crippen LogP contribution in [-0.4, -0.2) is 5.16 Å². The molecule has 1 aromatic heterocycles. The zero-order chi connectivity index (χ0) is 8.72. The smallest absolute Gasteiger partial charge is 0.224 e. The lowest BCUT2D eigenvalue weighted by molar-refractivity contribution is -0.808. The van der Waals surface area contributed by atoms with Crippen LogP contribution in [0.25, 0.3) is 0 Å². The van der Waals surface area contributed by atoms with Gasteiger partial charge >= 0.3 is 0 Å². The molecule has 0 N–H and O–H groups in total. The van der Waals surface area contributed by atoms with E-state index in [1.54, 1.807) is 0 Å². The zero-order valence-corrected chi connectivity index (χ0v) is 7.28. The van der Waals surface area contributed by atoms with Gasteiger partial charge in [0.05, 0.1) is 0 Å². The monoisotopic (exact) mass is 168 g/mol. The van der Waals surface area contributed by atoms with Crippen LogP contribution in [0.3, 0.4) is 0 Å². The van der Waals surface area contributed by atoms with E-state index < -0.39 is 0 Å². The molecule has 0 saturated heterocycles. The Labute approximate surface area is 70.7 Å². The van der Waals surface area contributed by atoms with E-state index in [4.69, 9.17) is 0 Å². The van der Waals surface area contributed by atoms with Crippen molar-refractivity contribution in [2.45, 2.75) is 38.5 Å².